The lowest BCUT2D eigenvalue weighted by Gasteiger charge is -2.10. The van der Waals surface area contributed by atoms with Crippen molar-refractivity contribution in [2.45, 2.75) is 11.7 Å². The Hall–Kier alpha value is -3.20. The van der Waals surface area contributed by atoms with Gasteiger partial charge in [0.05, 0.1) is 18.4 Å². The fourth-order valence-corrected chi connectivity index (χ4v) is 3.42. The molecule has 0 radical (unpaired) electrons. The second-order valence-corrected chi connectivity index (χ2v) is 6.84. The first-order chi connectivity index (χ1) is 14.0. The Kier molecular flexibility index (Phi) is 6.61. The van der Waals surface area contributed by atoms with Crippen molar-refractivity contribution in [2.24, 2.45) is 0 Å². The highest BCUT2D eigenvalue weighted by Crippen LogP contribution is 2.31. The third kappa shape index (κ3) is 5.00. The van der Waals surface area contributed by atoms with Gasteiger partial charge in [0, 0.05) is 18.3 Å². The van der Waals surface area contributed by atoms with Crippen molar-refractivity contribution in [3.05, 3.63) is 66.8 Å². The highest BCUT2D eigenvalue weighted by molar-refractivity contribution is 7.99. The van der Waals surface area contributed by atoms with Crippen molar-refractivity contribution in [3.63, 3.8) is 0 Å². The quantitative estimate of drug-likeness (QED) is 0.441. The number of hydrogen-bond acceptors (Lipinski definition) is 5. The van der Waals surface area contributed by atoms with Gasteiger partial charge in [-0.1, -0.05) is 30.0 Å². The normalized spacial score (nSPS) is 10.6. The largest absolute Gasteiger partial charge is 0.496 e. The number of aromatic nitrogens is 3. The van der Waals surface area contributed by atoms with Crippen LogP contribution in [0.5, 0.6) is 5.75 Å². The first kappa shape index (κ1) is 20.5. The third-order valence-corrected chi connectivity index (χ3v) is 4.82. The number of carbonyl (C=O) groups excluding carboxylic acids is 1. The zero-order valence-corrected chi connectivity index (χ0v) is 16.4. The van der Waals surface area contributed by atoms with E-state index < -0.39 is 17.5 Å². The molecule has 150 valence electrons. The molecule has 29 heavy (non-hydrogen) atoms. The molecule has 0 spiro atoms. The van der Waals surface area contributed by atoms with Gasteiger partial charge in [-0.15, -0.1) is 16.8 Å². The van der Waals surface area contributed by atoms with Crippen molar-refractivity contribution >= 4 is 23.4 Å². The fourth-order valence-electron chi connectivity index (χ4n) is 2.67. The van der Waals surface area contributed by atoms with E-state index in [1.54, 1.807) is 13.2 Å². The van der Waals surface area contributed by atoms with Gasteiger partial charge in [-0.25, -0.2) is 8.78 Å². The molecule has 1 N–H and O–H groups in total. The number of anilines is 1. The van der Waals surface area contributed by atoms with E-state index in [-0.39, 0.29) is 11.4 Å². The Labute approximate surface area is 170 Å². The summed E-state index contributed by atoms with van der Waals surface area (Å²) in [5.74, 6) is -0.739. The van der Waals surface area contributed by atoms with Crippen LogP contribution >= 0.6 is 11.8 Å². The molecule has 0 bridgehead atoms. The predicted molar refractivity (Wildman–Crippen MR) is 108 cm³/mol. The number of rotatable bonds is 8. The van der Waals surface area contributed by atoms with Gasteiger partial charge in [0.15, 0.2) is 11.0 Å². The van der Waals surface area contributed by atoms with Gasteiger partial charge >= 0.3 is 0 Å². The molecule has 0 saturated heterocycles. The maximum absolute atomic E-state index is 13.3. The van der Waals surface area contributed by atoms with E-state index in [9.17, 15) is 13.6 Å². The Balaban J connectivity index is 1.76. The first-order valence-corrected chi connectivity index (χ1v) is 9.56. The van der Waals surface area contributed by atoms with Crippen LogP contribution < -0.4 is 10.1 Å². The molecule has 6 nitrogen and oxygen atoms in total. The number of thioether (sulfide) groups is 1. The molecule has 1 heterocycles. The lowest BCUT2D eigenvalue weighted by molar-refractivity contribution is -0.113. The summed E-state index contributed by atoms with van der Waals surface area (Å²) in [6.07, 6.45) is 1.70. The monoisotopic (exact) mass is 416 g/mol. The molecule has 0 aliphatic rings. The summed E-state index contributed by atoms with van der Waals surface area (Å²) in [7, 11) is 1.57. The first-order valence-electron chi connectivity index (χ1n) is 8.58. The Morgan fingerprint density at radius 3 is 2.66 bits per heavy atom. The number of ether oxygens (including phenoxy) is 1. The van der Waals surface area contributed by atoms with Gasteiger partial charge in [-0.3, -0.25) is 9.36 Å². The van der Waals surface area contributed by atoms with Gasteiger partial charge < -0.3 is 10.1 Å². The number of benzene rings is 2. The number of nitrogens with zero attached hydrogens (tertiary/aromatic N) is 3. The average Bonchev–Trinajstić information content (AvgIpc) is 3.08. The molecule has 1 aromatic heterocycles. The Bertz CT molecular complexity index is 1020. The van der Waals surface area contributed by atoms with Crippen molar-refractivity contribution in [1.82, 2.24) is 14.8 Å². The van der Waals surface area contributed by atoms with Crippen LogP contribution in [0.2, 0.25) is 0 Å². The zero-order valence-electron chi connectivity index (χ0n) is 15.6. The van der Waals surface area contributed by atoms with E-state index in [2.05, 4.69) is 22.1 Å². The van der Waals surface area contributed by atoms with Crippen molar-refractivity contribution in [2.75, 3.05) is 18.2 Å². The Morgan fingerprint density at radius 1 is 1.24 bits per heavy atom. The molecule has 3 rings (SSSR count). The minimum atomic E-state index is -0.764. The molecule has 3 aromatic rings. The fraction of sp³-hybridized carbons (Fsp3) is 0.150. The van der Waals surface area contributed by atoms with E-state index in [1.165, 1.54) is 0 Å². The van der Waals surface area contributed by atoms with E-state index in [0.29, 0.717) is 23.3 Å². The van der Waals surface area contributed by atoms with Crippen LogP contribution in [0.1, 0.15) is 0 Å². The molecular weight excluding hydrogens is 398 g/mol. The predicted octanol–water partition coefficient (Wildman–Crippen LogP) is 4.15. The molecule has 0 unspecified atom stereocenters. The van der Waals surface area contributed by atoms with Gasteiger partial charge in [0.25, 0.3) is 0 Å². The minimum absolute atomic E-state index is 0.0146. The topological polar surface area (TPSA) is 69.0 Å². The molecule has 0 aliphatic carbocycles. The summed E-state index contributed by atoms with van der Waals surface area (Å²) in [6.45, 7) is 4.18. The maximum Gasteiger partial charge on any atom is 0.234 e. The second kappa shape index (κ2) is 9.33. The lowest BCUT2D eigenvalue weighted by Crippen LogP contribution is -2.15. The number of methoxy groups -OCH3 is 1. The highest BCUT2D eigenvalue weighted by atomic mass is 32.2. The summed E-state index contributed by atoms with van der Waals surface area (Å²) >= 11 is 1.15. The third-order valence-electron chi connectivity index (χ3n) is 3.86. The molecule has 1 amide bonds. The van der Waals surface area contributed by atoms with Gasteiger partial charge in [0.1, 0.15) is 17.4 Å². The number of amides is 1. The summed E-state index contributed by atoms with van der Waals surface area (Å²) in [5.41, 5.74) is 0.811. The van der Waals surface area contributed by atoms with Crippen LogP contribution in [-0.2, 0) is 11.3 Å². The summed E-state index contributed by atoms with van der Waals surface area (Å²) in [6, 6.07) is 10.2. The van der Waals surface area contributed by atoms with E-state index in [0.717, 1.165) is 35.5 Å². The molecule has 0 saturated carbocycles. The van der Waals surface area contributed by atoms with Crippen LogP contribution in [0.25, 0.3) is 11.4 Å². The summed E-state index contributed by atoms with van der Waals surface area (Å²) in [5, 5.41) is 11.4. The van der Waals surface area contributed by atoms with Gasteiger partial charge in [0.2, 0.25) is 5.91 Å². The minimum Gasteiger partial charge on any atom is -0.496 e. The number of allylic oxidation sites excluding steroid dienone is 1. The van der Waals surface area contributed by atoms with Crippen LogP contribution in [-0.4, -0.2) is 33.5 Å². The van der Waals surface area contributed by atoms with Crippen LogP contribution in [0, 0.1) is 11.6 Å². The molecule has 2 aromatic carbocycles. The average molecular weight is 416 g/mol. The Morgan fingerprint density at radius 2 is 1.97 bits per heavy atom. The summed E-state index contributed by atoms with van der Waals surface area (Å²) in [4.78, 5) is 12.2. The lowest BCUT2D eigenvalue weighted by atomic mass is 10.2. The van der Waals surface area contributed by atoms with E-state index >= 15 is 0 Å². The number of halogens is 2. The van der Waals surface area contributed by atoms with Crippen LogP contribution in [0.15, 0.2) is 60.3 Å². The highest BCUT2D eigenvalue weighted by Gasteiger charge is 2.17. The van der Waals surface area contributed by atoms with Gasteiger partial charge in [-0.2, -0.15) is 0 Å². The van der Waals surface area contributed by atoms with Crippen molar-refractivity contribution in [1.29, 1.82) is 0 Å². The van der Waals surface area contributed by atoms with Crippen LogP contribution in [0.4, 0.5) is 14.5 Å². The van der Waals surface area contributed by atoms with Crippen molar-refractivity contribution in [3.8, 4) is 17.1 Å². The number of nitrogens with one attached hydrogen (secondary N) is 1. The maximum atomic E-state index is 13.3. The van der Waals surface area contributed by atoms with Gasteiger partial charge in [-0.05, 0) is 24.3 Å². The second-order valence-electron chi connectivity index (χ2n) is 5.90. The summed E-state index contributed by atoms with van der Waals surface area (Å²) < 4.78 is 33.7. The molecule has 9 heteroatoms. The molecule has 0 fully saturated rings. The number of para-hydroxylation sites is 1. The van der Waals surface area contributed by atoms with Crippen molar-refractivity contribution < 1.29 is 18.3 Å². The SMILES string of the molecule is C=CCn1c(SCC(=O)Nc2cc(F)cc(F)c2)nnc1-c1ccccc1OC. The molecular formula is C20H18F2N4O2S. The van der Waals surface area contributed by atoms with E-state index in [4.69, 9.17) is 4.74 Å². The van der Waals surface area contributed by atoms with Crippen LogP contribution in [0.3, 0.4) is 0 Å². The molecule has 0 aliphatic heterocycles. The molecule has 0 atom stereocenters. The number of carbonyl (C=O) groups is 1. The number of hydrogen-bond donors (Lipinski definition) is 1. The van der Waals surface area contributed by atoms with E-state index in [1.807, 2.05) is 28.8 Å². The smallest absolute Gasteiger partial charge is 0.234 e. The standard InChI is InChI=1S/C20H18F2N4O2S/c1-3-8-26-19(16-6-4-5-7-17(16)28-2)24-25-20(26)29-12-18(27)23-15-10-13(21)9-14(22)11-15/h3-7,9-11H,1,8,12H2,2H3,(H,23,27). The zero-order chi connectivity index (χ0) is 20.8.